The van der Waals surface area contributed by atoms with E-state index in [4.69, 9.17) is 11.6 Å². The van der Waals surface area contributed by atoms with Gasteiger partial charge in [0.25, 0.3) is 0 Å². The molecule has 0 aliphatic carbocycles. The van der Waals surface area contributed by atoms with Crippen molar-refractivity contribution in [2.75, 3.05) is 19.6 Å². The first-order valence-corrected chi connectivity index (χ1v) is 6.18. The lowest BCUT2D eigenvalue weighted by Gasteiger charge is -2.26. The van der Waals surface area contributed by atoms with Gasteiger partial charge in [-0.25, -0.2) is 0 Å². The third-order valence-corrected chi connectivity index (χ3v) is 3.51. The highest BCUT2D eigenvalue weighted by molar-refractivity contribution is 6.31. The van der Waals surface area contributed by atoms with E-state index < -0.39 is 0 Å². The third kappa shape index (κ3) is 2.94. The van der Waals surface area contributed by atoms with Crippen LogP contribution in [0, 0.1) is 0 Å². The predicted molar refractivity (Wildman–Crippen MR) is 66.6 cm³/mol. The summed E-state index contributed by atoms with van der Waals surface area (Å²) in [6.45, 7) is 6.46. The molecule has 16 heavy (non-hydrogen) atoms. The van der Waals surface area contributed by atoms with Crippen LogP contribution in [0.15, 0.2) is 18.5 Å². The first-order valence-electron chi connectivity index (χ1n) is 5.80. The predicted octanol–water partition coefficient (Wildman–Crippen LogP) is 1.92. The fourth-order valence-electron chi connectivity index (χ4n) is 2.05. The molecule has 88 valence electrons. The number of nitrogens with one attached hydrogen (secondary N) is 1. The molecule has 1 aromatic heterocycles. The molecule has 3 nitrogen and oxygen atoms in total. The van der Waals surface area contributed by atoms with Gasteiger partial charge in [0, 0.05) is 38.1 Å². The van der Waals surface area contributed by atoms with Gasteiger partial charge in [-0.15, -0.1) is 0 Å². The zero-order valence-electron chi connectivity index (χ0n) is 9.62. The van der Waals surface area contributed by atoms with E-state index in [1.165, 1.54) is 12.0 Å². The van der Waals surface area contributed by atoms with Crippen LogP contribution in [-0.4, -0.2) is 35.6 Å². The van der Waals surface area contributed by atoms with Gasteiger partial charge >= 0.3 is 0 Å². The van der Waals surface area contributed by atoms with E-state index in [9.17, 15) is 0 Å². The van der Waals surface area contributed by atoms with Crippen LogP contribution in [0.25, 0.3) is 0 Å². The molecule has 1 aromatic rings. The lowest BCUT2D eigenvalue weighted by Crippen LogP contribution is -2.33. The van der Waals surface area contributed by atoms with Gasteiger partial charge in [0.15, 0.2) is 0 Å². The van der Waals surface area contributed by atoms with Crippen LogP contribution in [0.2, 0.25) is 5.02 Å². The Morgan fingerprint density at radius 1 is 1.56 bits per heavy atom. The van der Waals surface area contributed by atoms with Crippen LogP contribution in [0.3, 0.4) is 0 Å². The minimum atomic E-state index is 0.610. The van der Waals surface area contributed by atoms with E-state index in [2.05, 4.69) is 22.1 Å². The molecule has 0 saturated carbocycles. The molecular weight excluding hydrogens is 222 g/mol. The Labute approximate surface area is 102 Å². The summed E-state index contributed by atoms with van der Waals surface area (Å²) >= 11 is 6.13. The van der Waals surface area contributed by atoms with Crippen LogP contribution in [-0.2, 0) is 6.54 Å². The summed E-state index contributed by atoms with van der Waals surface area (Å²) in [4.78, 5) is 6.49. The van der Waals surface area contributed by atoms with Crippen molar-refractivity contribution in [3.63, 3.8) is 0 Å². The van der Waals surface area contributed by atoms with Crippen molar-refractivity contribution in [1.29, 1.82) is 0 Å². The zero-order chi connectivity index (χ0) is 11.4. The number of hydrogen-bond donors (Lipinski definition) is 1. The van der Waals surface area contributed by atoms with E-state index in [1.54, 1.807) is 6.20 Å². The Morgan fingerprint density at radius 3 is 3.25 bits per heavy atom. The number of rotatable bonds is 2. The second-order valence-corrected chi connectivity index (χ2v) is 4.73. The Hall–Kier alpha value is -0.640. The minimum absolute atomic E-state index is 0.610. The summed E-state index contributed by atoms with van der Waals surface area (Å²) in [7, 11) is 0. The molecule has 0 radical (unpaired) electrons. The summed E-state index contributed by atoms with van der Waals surface area (Å²) in [5.41, 5.74) is 1.17. The summed E-state index contributed by atoms with van der Waals surface area (Å²) in [6.07, 6.45) is 4.72. The van der Waals surface area contributed by atoms with Crippen molar-refractivity contribution in [2.45, 2.75) is 25.9 Å². The van der Waals surface area contributed by atoms with E-state index in [-0.39, 0.29) is 0 Å². The van der Waals surface area contributed by atoms with E-state index in [1.807, 2.05) is 12.3 Å². The van der Waals surface area contributed by atoms with Gasteiger partial charge < -0.3 is 5.32 Å². The summed E-state index contributed by atoms with van der Waals surface area (Å²) in [6, 6.07) is 2.62. The van der Waals surface area contributed by atoms with Gasteiger partial charge in [0.2, 0.25) is 0 Å². The molecule has 1 fully saturated rings. The SMILES string of the molecule is CC1CCNCCN1Cc1ccncc1Cl. The topological polar surface area (TPSA) is 28.2 Å². The van der Waals surface area contributed by atoms with Crippen LogP contribution >= 0.6 is 11.6 Å². The van der Waals surface area contributed by atoms with Crippen molar-refractivity contribution in [3.8, 4) is 0 Å². The number of aromatic nitrogens is 1. The molecule has 1 saturated heterocycles. The Kier molecular flexibility index (Phi) is 4.16. The van der Waals surface area contributed by atoms with Gasteiger partial charge in [-0.05, 0) is 31.5 Å². The molecule has 2 rings (SSSR count). The summed E-state index contributed by atoms with van der Waals surface area (Å²) in [5.74, 6) is 0. The average molecular weight is 240 g/mol. The number of nitrogens with zero attached hydrogens (tertiary/aromatic N) is 2. The van der Waals surface area contributed by atoms with Gasteiger partial charge in [0.05, 0.1) is 5.02 Å². The second-order valence-electron chi connectivity index (χ2n) is 4.33. The maximum absolute atomic E-state index is 6.13. The van der Waals surface area contributed by atoms with E-state index in [0.717, 1.165) is 31.2 Å². The molecular formula is C12H18ClN3. The standard InChI is InChI=1S/C12H18ClN3/c1-10-2-4-14-6-7-16(10)9-11-3-5-15-8-12(11)13/h3,5,8,10,14H,2,4,6-7,9H2,1H3. The monoisotopic (exact) mass is 239 g/mol. The van der Waals surface area contributed by atoms with Gasteiger partial charge in [-0.3, -0.25) is 9.88 Å². The average Bonchev–Trinajstić information content (AvgIpc) is 2.48. The summed E-state index contributed by atoms with van der Waals surface area (Å²) in [5, 5.41) is 4.19. The number of hydrogen-bond acceptors (Lipinski definition) is 3. The molecule has 1 aliphatic rings. The highest BCUT2D eigenvalue weighted by Gasteiger charge is 2.17. The van der Waals surface area contributed by atoms with Crippen molar-refractivity contribution < 1.29 is 0 Å². The van der Waals surface area contributed by atoms with Crippen LogP contribution in [0.1, 0.15) is 18.9 Å². The smallest absolute Gasteiger partial charge is 0.0634 e. The maximum Gasteiger partial charge on any atom is 0.0634 e. The first kappa shape index (κ1) is 11.8. The Morgan fingerprint density at radius 2 is 2.44 bits per heavy atom. The van der Waals surface area contributed by atoms with Gasteiger partial charge in [-0.2, -0.15) is 0 Å². The molecule has 4 heteroatoms. The fourth-order valence-corrected chi connectivity index (χ4v) is 2.23. The van der Waals surface area contributed by atoms with Crippen LogP contribution < -0.4 is 5.32 Å². The molecule has 0 bridgehead atoms. The molecule has 1 unspecified atom stereocenters. The van der Waals surface area contributed by atoms with E-state index in [0.29, 0.717) is 6.04 Å². The van der Waals surface area contributed by atoms with Gasteiger partial charge in [0.1, 0.15) is 0 Å². The quantitative estimate of drug-likeness (QED) is 0.855. The Balaban J connectivity index is 2.05. The fraction of sp³-hybridized carbons (Fsp3) is 0.583. The first-order chi connectivity index (χ1) is 7.77. The molecule has 1 aliphatic heterocycles. The van der Waals surface area contributed by atoms with E-state index >= 15 is 0 Å². The minimum Gasteiger partial charge on any atom is -0.315 e. The highest BCUT2D eigenvalue weighted by atomic mass is 35.5. The third-order valence-electron chi connectivity index (χ3n) is 3.17. The molecule has 2 heterocycles. The Bertz CT molecular complexity index is 343. The zero-order valence-corrected chi connectivity index (χ0v) is 10.4. The molecule has 1 N–H and O–H groups in total. The molecule has 0 spiro atoms. The lowest BCUT2D eigenvalue weighted by atomic mass is 10.1. The number of halogens is 1. The lowest BCUT2D eigenvalue weighted by molar-refractivity contribution is 0.211. The number of pyridine rings is 1. The largest absolute Gasteiger partial charge is 0.315 e. The molecule has 1 atom stereocenters. The van der Waals surface area contributed by atoms with Crippen LogP contribution in [0.5, 0.6) is 0 Å². The van der Waals surface area contributed by atoms with Crippen molar-refractivity contribution in [3.05, 3.63) is 29.0 Å². The van der Waals surface area contributed by atoms with Crippen molar-refractivity contribution >= 4 is 11.6 Å². The highest BCUT2D eigenvalue weighted by Crippen LogP contribution is 2.18. The summed E-state index contributed by atoms with van der Waals surface area (Å²) < 4.78 is 0. The molecule has 0 amide bonds. The van der Waals surface area contributed by atoms with Crippen molar-refractivity contribution in [2.24, 2.45) is 0 Å². The van der Waals surface area contributed by atoms with Crippen molar-refractivity contribution in [1.82, 2.24) is 15.2 Å². The van der Waals surface area contributed by atoms with Gasteiger partial charge in [-0.1, -0.05) is 11.6 Å². The normalized spacial score (nSPS) is 23.0. The molecule has 0 aromatic carbocycles. The second kappa shape index (κ2) is 5.62. The maximum atomic E-state index is 6.13. The van der Waals surface area contributed by atoms with Crippen LogP contribution in [0.4, 0.5) is 0 Å².